The van der Waals surface area contributed by atoms with Crippen LogP contribution in [0.1, 0.15) is 26.5 Å². The number of carbonyl (C=O) groups is 2. The first-order valence-electron chi connectivity index (χ1n) is 9.72. The van der Waals surface area contributed by atoms with E-state index >= 15 is 0 Å². The summed E-state index contributed by atoms with van der Waals surface area (Å²) in [4.78, 5) is 32.7. The fraction of sp³-hybridized carbons (Fsp3) is 0.227. The van der Waals surface area contributed by atoms with Crippen molar-refractivity contribution in [3.8, 4) is 0 Å². The summed E-state index contributed by atoms with van der Waals surface area (Å²) in [5.41, 5.74) is 3.02. The van der Waals surface area contributed by atoms with Gasteiger partial charge in [-0.15, -0.1) is 0 Å². The second kappa shape index (κ2) is 7.41. The van der Waals surface area contributed by atoms with Crippen LogP contribution < -0.4 is 0 Å². The van der Waals surface area contributed by atoms with E-state index in [9.17, 15) is 9.59 Å². The zero-order chi connectivity index (χ0) is 20.8. The van der Waals surface area contributed by atoms with Gasteiger partial charge in [0, 0.05) is 47.5 Å². The molecule has 4 aromatic rings. The third-order valence-electron chi connectivity index (χ3n) is 5.50. The number of aromatic nitrogens is 2. The smallest absolute Gasteiger partial charge is 0.274 e. The lowest BCUT2D eigenvalue weighted by molar-refractivity contribution is 0.0531. The number of aryl methyl sites for hydroxylation is 1. The topological polar surface area (TPSA) is 69.3 Å². The number of piperazine rings is 1. The van der Waals surface area contributed by atoms with Gasteiger partial charge in [0.05, 0.1) is 4.70 Å². The van der Waals surface area contributed by atoms with Crippen LogP contribution in [0.25, 0.3) is 21.0 Å². The van der Waals surface area contributed by atoms with E-state index in [2.05, 4.69) is 9.36 Å². The molecule has 2 aromatic heterocycles. The van der Waals surface area contributed by atoms with Crippen LogP contribution in [-0.2, 0) is 0 Å². The maximum Gasteiger partial charge on any atom is 0.274 e. The number of nitrogens with zero attached hydrogens (tertiary/aromatic N) is 3. The molecule has 0 unspecified atom stereocenters. The summed E-state index contributed by atoms with van der Waals surface area (Å²) < 4.78 is 5.41. The van der Waals surface area contributed by atoms with Crippen molar-refractivity contribution in [1.29, 1.82) is 0 Å². The van der Waals surface area contributed by atoms with E-state index in [-0.39, 0.29) is 11.8 Å². The lowest BCUT2D eigenvalue weighted by Gasteiger charge is -2.34. The molecule has 0 atom stereocenters. The molecule has 152 valence electrons. The Balaban J connectivity index is 1.29. The fourth-order valence-corrected chi connectivity index (χ4v) is 4.79. The van der Waals surface area contributed by atoms with Crippen LogP contribution in [0.15, 0.2) is 42.5 Å². The molecule has 1 saturated heterocycles. The van der Waals surface area contributed by atoms with E-state index in [0.717, 1.165) is 26.6 Å². The Bertz CT molecular complexity index is 1290. The van der Waals surface area contributed by atoms with Gasteiger partial charge in [-0.25, -0.2) is 0 Å². The highest BCUT2D eigenvalue weighted by molar-refractivity contribution is 7.13. The van der Waals surface area contributed by atoms with Crippen molar-refractivity contribution in [2.24, 2.45) is 0 Å². The van der Waals surface area contributed by atoms with Crippen LogP contribution in [0.5, 0.6) is 0 Å². The lowest BCUT2D eigenvalue weighted by Crippen LogP contribution is -2.50. The number of hydrogen-bond acceptors (Lipinski definition) is 4. The number of benzene rings is 2. The van der Waals surface area contributed by atoms with Crippen molar-refractivity contribution in [2.75, 3.05) is 26.2 Å². The molecule has 3 heterocycles. The number of amides is 2. The molecule has 8 heteroatoms. The highest BCUT2D eigenvalue weighted by atomic mass is 35.5. The van der Waals surface area contributed by atoms with Gasteiger partial charge in [-0.1, -0.05) is 23.2 Å². The van der Waals surface area contributed by atoms with Crippen LogP contribution in [0.2, 0.25) is 5.02 Å². The third-order valence-corrected chi connectivity index (χ3v) is 6.56. The number of carbonyl (C=O) groups excluding carboxylic acids is 2. The number of halogens is 1. The molecule has 0 saturated carbocycles. The summed E-state index contributed by atoms with van der Waals surface area (Å²) in [7, 11) is 0. The SMILES string of the molecule is Cc1ccc2snc(C(=O)N3CCN(C(=O)c4cc5cc(Cl)ccc5[nH]4)CC3)c2c1. The minimum atomic E-state index is -0.0702. The Morgan fingerprint density at radius 2 is 1.73 bits per heavy atom. The van der Waals surface area contributed by atoms with E-state index in [1.165, 1.54) is 11.5 Å². The molecule has 0 spiro atoms. The summed E-state index contributed by atoms with van der Waals surface area (Å²) in [5, 5.41) is 2.45. The summed E-state index contributed by atoms with van der Waals surface area (Å²) in [6.07, 6.45) is 0. The van der Waals surface area contributed by atoms with Crippen LogP contribution in [0.3, 0.4) is 0 Å². The fourth-order valence-electron chi connectivity index (χ4n) is 3.86. The van der Waals surface area contributed by atoms with E-state index in [1.54, 1.807) is 15.9 Å². The largest absolute Gasteiger partial charge is 0.351 e. The van der Waals surface area contributed by atoms with E-state index < -0.39 is 0 Å². The van der Waals surface area contributed by atoms with Gasteiger partial charge < -0.3 is 14.8 Å². The van der Waals surface area contributed by atoms with Crippen LogP contribution >= 0.6 is 23.1 Å². The Labute approximate surface area is 182 Å². The molecule has 1 aliphatic heterocycles. The number of hydrogen-bond donors (Lipinski definition) is 1. The molecule has 1 N–H and O–H groups in total. The predicted molar refractivity (Wildman–Crippen MR) is 119 cm³/mol. The standard InChI is InChI=1S/C22H19ClN4O2S/c1-13-2-5-19-16(10-13)20(25-30-19)22(29)27-8-6-26(7-9-27)21(28)18-12-14-11-15(23)3-4-17(14)24-18/h2-5,10-12,24H,6-9H2,1H3. The van der Waals surface area contributed by atoms with Gasteiger partial charge in [-0.05, 0) is 54.9 Å². The normalized spacial score (nSPS) is 14.6. The zero-order valence-corrected chi connectivity index (χ0v) is 17.9. The molecule has 30 heavy (non-hydrogen) atoms. The molecule has 0 bridgehead atoms. The molecule has 6 nitrogen and oxygen atoms in total. The van der Waals surface area contributed by atoms with Gasteiger partial charge in [-0.3, -0.25) is 9.59 Å². The zero-order valence-electron chi connectivity index (χ0n) is 16.3. The molecular formula is C22H19ClN4O2S. The highest BCUT2D eigenvalue weighted by Gasteiger charge is 2.28. The van der Waals surface area contributed by atoms with Crippen molar-refractivity contribution in [2.45, 2.75) is 6.92 Å². The van der Waals surface area contributed by atoms with Crippen molar-refractivity contribution in [1.82, 2.24) is 19.2 Å². The van der Waals surface area contributed by atoms with Gasteiger partial charge in [0.15, 0.2) is 0 Å². The Hall–Kier alpha value is -2.90. The maximum atomic E-state index is 13.0. The number of rotatable bonds is 2. The Morgan fingerprint density at radius 1 is 1.00 bits per heavy atom. The van der Waals surface area contributed by atoms with Crippen LogP contribution in [0.4, 0.5) is 0 Å². The van der Waals surface area contributed by atoms with Gasteiger partial charge >= 0.3 is 0 Å². The summed E-state index contributed by atoms with van der Waals surface area (Å²) in [6, 6.07) is 13.4. The van der Waals surface area contributed by atoms with E-state index in [4.69, 9.17) is 11.6 Å². The van der Waals surface area contributed by atoms with Crippen LogP contribution in [0, 0.1) is 6.92 Å². The van der Waals surface area contributed by atoms with Crippen molar-refractivity contribution in [3.63, 3.8) is 0 Å². The third kappa shape index (κ3) is 3.34. The molecule has 5 rings (SSSR count). The van der Waals surface area contributed by atoms with E-state index in [1.807, 2.05) is 43.3 Å². The quantitative estimate of drug-likeness (QED) is 0.506. The minimum absolute atomic E-state index is 0.0656. The number of nitrogens with one attached hydrogen (secondary N) is 1. The monoisotopic (exact) mass is 438 g/mol. The Kier molecular flexibility index (Phi) is 4.72. The molecule has 2 aromatic carbocycles. The summed E-state index contributed by atoms with van der Waals surface area (Å²) >= 11 is 7.38. The van der Waals surface area contributed by atoms with Gasteiger partial charge in [0.2, 0.25) is 0 Å². The number of aromatic amines is 1. The molecule has 1 aliphatic rings. The van der Waals surface area contributed by atoms with Crippen molar-refractivity contribution < 1.29 is 9.59 Å². The summed E-state index contributed by atoms with van der Waals surface area (Å²) in [5.74, 6) is -0.136. The molecule has 0 radical (unpaired) electrons. The first kappa shape index (κ1) is 19.1. The average Bonchev–Trinajstić information content (AvgIpc) is 3.36. The number of H-pyrrole nitrogens is 1. The minimum Gasteiger partial charge on any atom is -0.351 e. The predicted octanol–water partition coefficient (Wildman–Crippen LogP) is 4.34. The number of fused-ring (bicyclic) bond motifs is 2. The van der Waals surface area contributed by atoms with E-state index in [0.29, 0.717) is 42.6 Å². The summed E-state index contributed by atoms with van der Waals surface area (Å²) in [6.45, 7) is 3.96. The highest BCUT2D eigenvalue weighted by Crippen LogP contribution is 2.26. The molecular weight excluding hydrogens is 420 g/mol. The lowest BCUT2D eigenvalue weighted by atomic mass is 10.1. The van der Waals surface area contributed by atoms with Gasteiger partial charge in [0.1, 0.15) is 11.4 Å². The molecule has 0 aliphatic carbocycles. The first-order valence-corrected chi connectivity index (χ1v) is 10.9. The van der Waals surface area contributed by atoms with Crippen LogP contribution in [-0.4, -0.2) is 57.2 Å². The average molecular weight is 439 g/mol. The van der Waals surface area contributed by atoms with Gasteiger partial charge in [-0.2, -0.15) is 4.37 Å². The van der Waals surface area contributed by atoms with Crippen molar-refractivity contribution in [3.05, 3.63) is 64.4 Å². The molecule has 1 fully saturated rings. The second-order valence-corrected chi connectivity index (χ2v) is 8.77. The van der Waals surface area contributed by atoms with Gasteiger partial charge in [0.25, 0.3) is 11.8 Å². The van der Waals surface area contributed by atoms with Crippen molar-refractivity contribution >= 4 is 55.9 Å². The maximum absolute atomic E-state index is 13.0. The molecule has 2 amide bonds. The second-order valence-electron chi connectivity index (χ2n) is 7.53. The first-order chi connectivity index (χ1) is 14.5. The Morgan fingerprint density at radius 3 is 2.50 bits per heavy atom.